The lowest BCUT2D eigenvalue weighted by molar-refractivity contribution is -0.874. The number of allylic oxidation sites excluding steroid dienone is 2. The highest BCUT2D eigenvalue weighted by Crippen LogP contribution is 2.25. The number of hydrogen-bond donors (Lipinski definition) is 0. The van der Waals surface area contributed by atoms with Gasteiger partial charge in [-0.3, -0.25) is 9.47 Å². The quantitative estimate of drug-likeness (QED) is 0.225. The van der Waals surface area contributed by atoms with Gasteiger partial charge in [0.1, 0.15) is 6.54 Å². The minimum Gasteiger partial charge on any atom is -0.294 e. The predicted molar refractivity (Wildman–Crippen MR) is 123 cm³/mol. The van der Waals surface area contributed by atoms with Crippen molar-refractivity contribution in [2.24, 2.45) is 0 Å². The zero-order valence-electron chi connectivity index (χ0n) is 18.5. The van der Waals surface area contributed by atoms with E-state index in [9.17, 15) is 0 Å². The van der Waals surface area contributed by atoms with Gasteiger partial charge in [0.25, 0.3) is 0 Å². The van der Waals surface area contributed by atoms with Gasteiger partial charge in [0, 0.05) is 12.4 Å². The van der Waals surface area contributed by atoms with Crippen molar-refractivity contribution in [3.8, 4) is 0 Å². The Bertz CT molecular complexity index is 557. The molecule has 1 aliphatic rings. The molecule has 1 aliphatic heterocycles. The molecule has 0 saturated heterocycles. The fourth-order valence-corrected chi connectivity index (χ4v) is 4.26. The third-order valence-electron chi connectivity index (χ3n) is 6.17. The Morgan fingerprint density at radius 3 is 1.79 bits per heavy atom. The minimum absolute atomic E-state index is 1.15. The Morgan fingerprint density at radius 1 is 0.750 bits per heavy atom. The third kappa shape index (κ3) is 8.31. The van der Waals surface area contributed by atoms with E-state index in [-0.39, 0.29) is 0 Å². The van der Waals surface area contributed by atoms with Gasteiger partial charge < -0.3 is 0 Å². The number of aromatic nitrogens is 1. The van der Waals surface area contributed by atoms with Crippen LogP contribution in [-0.4, -0.2) is 29.1 Å². The van der Waals surface area contributed by atoms with Crippen LogP contribution in [0.5, 0.6) is 0 Å². The molecule has 0 aromatic carbocycles. The second kappa shape index (κ2) is 13.7. The largest absolute Gasteiger partial charge is 0.294 e. The van der Waals surface area contributed by atoms with Gasteiger partial charge in [0.15, 0.2) is 0 Å². The van der Waals surface area contributed by atoms with Gasteiger partial charge in [0.05, 0.1) is 19.3 Å². The van der Waals surface area contributed by atoms with Crippen molar-refractivity contribution in [2.75, 3.05) is 19.6 Å². The van der Waals surface area contributed by atoms with E-state index in [0.29, 0.717) is 0 Å². The average Bonchev–Trinajstić information content (AvgIpc) is 2.74. The summed E-state index contributed by atoms with van der Waals surface area (Å²) in [7, 11) is 0. The van der Waals surface area contributed by atoms with Crippen molar-refractivity contribution in [3.05, 3.63) is 48.4 Å². The highest BCUT2D eigenvalue weighted by molar-refractivity contribution is 5.73. The van der Waals surface area contributed by atoms with E-state index in [0.717, 1.165) is 11.0 Å². The molecule has 0 saturated carbocycles. The molecule has 0 aliphatic carbocycles. The van der Waals surface area contributed by atoms with E-state index in [2.05, 4.69) is 49.3 Å². The molecule has 0 bridgehead atoms. The normalized spacial score (nSPS) is 15.6. The van der Waals surface area contributed by atoms with E-state index in [1.807, 2.05) is 12.4 Å². The van der Waals surface area contributed by atoms with Crippen LogP contribution >= 0.6 is 0 Å². The summed E-state index contributed by atoms with van der Waals surface area (Å²) < 4.78 is 1.16. The average molecular weight is 384 g/mol. The van der Waals surface area contributed by atoms with E-state index < -0.39 is 0 Å². The molecule has 2 heteroatoms. The van der Waals surface area contributed by atoms with Gasteiger partial charge in [-0.05, 0) is 61.1 Å². The maximum atomic E-state index is 4.16. The van der Waals surface area contributed by atoms with Gasteiger partial charge in [0.2, 0.25) is 0 Å². The van der Waals surface area contributed by atoms with Crippen molar-refractivity contribution in [1.29, 1.82) is 0 Å². The van der Waals surface area contributed by atoms with Crippen molar-refractivity contribution in [2.45, 2.75) is 90.9 Å². The summed E-state index contributed by atoms with van der Waals surface area (Å²) in [5, 5.41) is 0. The Balaban J connectivity index is 1.86. The first-order valence-corrected chi connectivity index (χ1v) is 12.0. The van der Waals surface area contributed by atoms with E-state index in [1.54, 1.807) is 0 Å². The third-order valence-corrected chi connectivity index (χ3v) is 6.17. The molecule has 2 rings (SSSR count). The zero-order chi connectivity index (χ0) is 19.9. The summed E-state index contributed by atoms with van der Waals surface area (Å²) in [6, 6.07) is 4.25. The molecule has 1 aromatic rings. The number of pyridine rings is 1. The van der Waals surface area contributed by atoms with Gasteiger partial charge >= 0.3 is 0 Å². The van der Waals surface area contributed by atoms with Gasteiger partial charge in [-0.2, -0.15) is 0 Å². The van der Waals surface area contributed by atoms with Crippen LogP contribution in [0.4, 0.5) is 0 Å². The molecule has 2 nitrogen and oxygen atoms in total. The minimum atomic E-state index is 1.15. The molecular formula is C26H43N2+. The van der Waals surface area contributed by atoms with Crippen molar-refractivity contribution >= 4 is 5.57 Å². The van der Waals surface area contributed by atoms with Crippen LogP contribution in [0.15, 0.2) is 42.9 Å². The van der Waals surface area contributed by atoms with Crippen molar-refractivity contribution < 1.29 is 4.48 Å². The predicted octanol–water partition coefficient (Wildman–Crippen LogP) is 7.53. The summed E-state index contributed by atoms with van der Waals surface area (Å²) in [4.78, 5) is 4.16. The van der Waals surface area contributed by atoms with Gasteiger partial charge in [-0.25, -0.2) is 0 Å². The lowest BCUT2D eigenvalue weighted by atomic mass is 10.0. The van der Waals surface area contributed by atoms with E-state index in [1.165, 1.54) is 101 Å². The summed E-state index contributed by atoms with van der Waals surface area (Å²) in [5.41, 5.74) is 2.66. The second-order valence-corrected chi connectivity index (χ2v) is 8.59. The molecule has 1 aromatic heterocycles. The van der Waals surface area contributed by atoms with Crippen LogP contribution in [0.1, 0.15) is 96.5 Å². The Hall–Kier alpha value is -1.41. The Morgan fingerprint density at radius 2 is 1.29 bits per heavy atom. The topological polar surface area (TPSA) is 12.9 Å². The summed E-state index contributed by atoms with van der Waals surface area (Å²) in [6.45, 7) is 8.35. The lowest BCUT2D eigenvalue weighted by Crippen LogP contribution is -2.45. The number of nitrogens with zero attached hydrogens (tertiary/aromatic N) is 2. The van der Waals surface area contributed by atoms with Crippen LogP contribution in [0.3, 0.4) is 0 Å². The van der Waals surface area contributed by atoms with Crippen molar-refractivity contribution in [3.63, 3.8) is 0 Å². The fraction of sp³-hybridized carbons (Fsp3) is 0.654. The molecule has 0 spiro atoms. The van der Waals surface area contributed by atoms with Crippen molar-refractivity contribution in [1.82, 2.24) is 4.98 Å². The molecular weight excluding hydrogens is 340 g/mol. The molecule has 0 fully saturated rings. The first kappa shape index (κ1) is 22.9. The Kier molecular flexibility index (Phi) is 11.2. The molecule has 28 heavy (non-hydrogen) atoms. The van der Waals surface area contributed by atoms with Crippen LogP contribution in [0, 0.1) is 0 Å². The first-order chi connectivity index (χ1) is 13.8. The monoisotopic (exact) mass is 383 g/mol. The molecule has 0 radical (unpaired) electrons. The smallest absolute Gasteiger partial charge is 0.102 e. The molecule has 0 amide bonds. The van der Waals surface area contributed by atoms with Crippen LogP contribution < -0.4 is 0 Å². The fourth-order valence-electron chi connectivity index (χ4n) is 4.26. The number of unbranched alkanes of at least 4 members (excludes halogenated alkanes) is 10. The number of rotatable bonds is 15. The van der Waals surface area contributed by atoms with Gasteiger partial charge in [-0.15, -0.1) is 0 Å². The van der Waals surface area contributed by atoms with Gasteiger partial charge in [-0.1, -0.05) is 65.2 Å². The summed E-state index contributed by atoms with van der Waals surface area (Å²) in [5.74, 6) is 0. The molecule has 2 heterocycles. The number of quaternary nitrogens is 1. The molecule has 0 unspecified atom stereocenters. The molecule has 0 atom stereocenters. The van der Waals surface area contributed by atoms with Crippen LogP contribution in [0.25, 0.3) is 5.57 Å². The highest BCUT2D eigenvalue weighted by Gasteiger charge is 2.25. The maximum absolute atomic E-state index is 4.16. The van der Waals surface area contributed by atoms with Crippen LogP contribution in [0.2, 0.25) is 0 Å². The number of hydrogen-bond acceptors (Lipinski definition) is 1. The van der Waals surface area contributed by atoms with E-state index in [4.69, 9.17) is 0 Å². The molecule has 156 valence electrons. The highest BCUT2D eigenvalue weighted by atomic mass is 15.3. The molecule has 0 N–H and O–H groups in total. The summed E-state index contributed by atoms with van der Waals surface area (Å²) >= 11 is 0. The maximum Gasteiger partial charge on any atom is 0.102 e. The van der Waals surface area contributed by atoms with E-state index >= 15 is 0 Å². The second-order valence-electron chi connectivity index (χ2n) is 8.59. The summed E-state index contributed by atoms with van der Waals surface area (Å²) in [6.07, 6.45) is 27.8. The standard InChI is InChI=1S/C26H43N2/c1-3-5-7-9-11-13-21-28(22-14-12-10-8-6-4-2)23-17-26(18-24-28)25-15-19-27-20-16-25/h15-20,23H,3-14,21-22,24H2,1-2H3/q+1. The Labute approximate surface area is 174 Å². The zero-order valence-corrected chi connectivity index (χ0v) is 18.5. The SMILES string of the molecule is CCCCCCCC[N+]1(CCCCCCCC)C=CC(c2ccncc2)=CC1. The first-order valence-electron chi connectivity index (χ1n) is 12.0. The van der Waals surface area contributed by atoms with Crippen LogP contribution in [-0.2, 0) is 0 Å². The lowest BCUT2D eigenvalue weighted by Gasteiger charge is -2.36.